The number of nitrogens with one attached hydrogen (secondary N) is 2. The van der Waals surface area contributed by atoms with E-state index in [2.05, 4.69) is 24.4 Å². The molecule has 0 bridgehead atoms. The van der Waals surface area contributed by atoms with Crippen LogP contribution in [0.25, 0.3) is 0 Å². The van der Waals surface area contributed by atoms with Crippen LogP contribution in [-0.2, 0) is 4.79 Å². The third-order valence-corrected chi connectivity index (χ3v) is 3.71. The number of nitrogens with two attached hydrogens (primary N) is 1. The second-order valence-electron chi connectivity index (χ2n) is 6.31. The lowest BCUT2D eigenvalue weighted by atomic mass is 10.1. The lowest BCUT2D eigenvalue weighted by Crippen LogP contribution is -2.25. The molecule has 0 saturated heterocycles. The van der Waals surface area contributed by atoms with Crippen LogP contribution in [0, 0.1) is 5.41 Å². The molecule has 0 spiro atoms. The van der Waals surface area contributed by atoms with Crippen LogP contribution < -0.4 is 11.2 Å². The van der Waals surface area contributed by atoms with Gasteiger partial charge >= 0.3 is 5.97 Å². The normalized spacial score (nSPS) is 10.3. The van der Waals surface area contributed by atoms with Gasteiger partial charge in [0.25, 0.3) is 0 Å². The molecule has 148 valence electrons. The van der Waals surface area contributed by atoms with Crippen molar-refractivity contribution in [1.82, 2.24) is 5.43 Å². The van der Waals surface area contributed by atoms with Gasteiger partial charge in [0.1, 0.15) is 0 Å². The Morgan fingerprint density at radius 1 is 0.960 bits per heavy atom. The summed E-state index contributed by atoms with van der Waals surface area (Å²) in [7, 11) is 0. The lowest BCUT2D eigenvalue weighted by molar-refractivity contribution is -0.137. The van der Waals surface area contributed by atoms with Gasteiger partial charge in [-0.15, -0.1) is 0 Å². The highest BCUT2D eigenvalue weighted by molar-refractivity contribution is 5.75. The first kappa shape index (κ1) is 25.6. The van der Waals surface area contributed by atoms with Crippen LogP contribution in [0.4, 0.5) is 0 Å². The molecule has 0 aromatic carbocycles. The summed E-state index contributed by atoms with van der Waals surface area (Å²) in [5.74, 6) is -0.779. The quantitative estimate of drug-likeness (QED) is 0.143. The highest BCUT2D eigenvalue weighted by Crippen LogP contribution is 2.08. The van der Waals surface area contributed by atoms with E-state index in [0.29, 0.717) is 6.42 Å². The van der Waals surface area contributed by atoms with Gasteiger partial charge in [-0.25, -0.2) is 5.43 Å². The van der Waals surface area contributed by atoms with Gasteiger partial charge in [0.2, 0.25) is 5.96 Å². The molecule has 25 heavy (non-hydrogen) atoms. The molecule has 0 aliphatic carbocycles. The van der Waals surface area contributed by atoms with Crippen LogP contribution in [0.2, 0.25) is 0 Å². The first-order valence-electron chi connectivity index (χ1n) is 9.87. The number of carbonyl (C=O) groups is 1. The molecule has 0 aromatic rings. The highest BCUT2D eigenvalue weighted by Gasteiger charge is 1.94. The average Bonchev–Trinajstić information content (AvgIpc) is 2.57. The van der Waals surface area contributed by atoms with Gasteiger partial charge in [-0.05, 0) is 19.3 Å². The molecule has 6 nitrogen and oxygen atoms in total. The molecule has 0 aliphatic heterocycles. The molecular weight excluding hydrogens is 316 g/mol. The monoisotopic (exact) mass is 356 g/mol. The Balaban J connectivity index is 0. The molecule has 0 fully saturated rings. The van der Waals surface area contributed by atoms with Gasteiger partial charge in [-0.2, -0.15) is 5.10 Å². The number of unbranched alkanes of at least 4 members (excludes halogenated alkanes) is 11. The van der Waals surface area contributed by atoms with Gasteiger partial charge in [-0.3, -0.25) is 10.2 Å². The number of rotatable bonds is 15. The van der Waals surface area contributed by atoms with Gasteiger partial charge in [-0.1, -0.05) is 78.1 Å². The van der Waals surface area contributed by atoms with Crippen molar-refractivity contribution in [2.75, 3.05) is 0 Å². The summed E-state index contributed by atoms with van der Waals surface area (Å²) in [5.41, 5.74) is 7.47. The second-order valence-corrected chi connectivity index (χ2v) is 6.31. The number of hydrazone groups is 1. The topological polar surface area (TPSA) is 112 Å². The zero-order valence-corrected chi connectivity index (χ0v) is 16.4. The predicted octanol–water partition coefficient (Wildman–Crippen LogP) is 5.03. The summed E-state index contributed by atoms with van der Waals surface area (Å²) in [6.07, 6.45) is 17.9. The van der Waals surface area contributed by atoms with Gasteiger partial charge < -0.3 is 10.8 Å². The first-order valence-corrected chi connectivity index (χ1v) is 9.87. The summed E-state index contributed by atoms with van der Waals surface area (Å²) in [6, 6.07) is 0. The van der Waals surface area contributed by atoms with Crippen molar-refractivity contribution in [3.05, 3.63) is 0 Å². The minimum absolute atomic E-state index is 0.104. The fourth-order valence-electron chi connectivity index (χ4n) is 2.25. The number of carboxylic acids is 1. The van der Waals surface area contributed by atoms with Crippen LogP contribution in [0.1, 0.15) is 104 Å². The molecule has 0 rings (SSSR count). The van der Waals surface area contributed by atoms with Crippen molar-refractivity contribution in [3.63, 3.8) is 0 Å². The van der Waals surface area contributed by atoms with E-state index in [1.807, 2.05) is 0 Å². The zero-order chi connectivity index (χ0) is 19.2. The number of nitrogens with zero attached hydrogens (tertiary/aromatic N) is 1. The fraction of sp³-hybridized carbons (Fsp3) is 0.842. The summed E-state index contributed by atoms with van der Waals surface area (Å²) in [5, 5.41) is 18.9. The molecule has 0 atom stereocenters. The molecule has 0 radical (unpaired) electrons. The fourth-order valence-corrected chi connectivity index (χ4v) is 2.25. The van der Waals surface area contributed by atoms with E-state index >= 15 is 0 Å². The van der Waals surface area contributed by atoms with Crippen molar-refractivity contribution in [2.24, 2.45) is 10.8 Å². The van der Waals surface area contributed by atoms with E-state index in [1.54, 1.807) is 6.21 Å². The maximum absolute atomic E-state index is 9.96. The molecule has 6 heteroatoms. The Morgan fingerprint density at radius 2 is 1.44 bits per heavy atom. The number of hydrogen-bond acceptors (Lipinski definition) is 3. The van der Waals surface area contributed by atoms with Crippen molar-refractivity contribution < 1.29 is 9.90 Å². The largest absolute Gasteiger partial charge is 0.481 e. The van der Waals surface area contributed by atoms with Crippen LogP contribution in [0.5, 0.6) is 0 Å². The summed E-state index contributed by atoms with van der Waals surface area (Å²) in [6.45, 7) is 4.36. The van der Waals surface area contributed by atoms with Crippen LogP contribution in [-0.4, -0.2) is 23.2 Å². The average molecular weight is 357 g/mol. The highest BCUT2D eigenvalue weighted by atomic mass is 16.4. The third kappa shape index (κ3) is 30.8. The lowest BCUT2D eigenvalue weighted by Gasteiger charge is -1.99. The number of aliphatic carboxylic acids is 1. The van der Waals surface area contributed by atoms with E-state index in [1.165, 1.54) is 57.8 Å². The minimum atomic E-state index is -0.675. The molecule has 0 unspecified atom stereocenters. The van der Waals surface area contributed by atoms with Crippen LogP contribution >= 0.6 is 0 Å². The van der Waals surface area contributed by atoms with Gasteiger partial charge in [0.05, 0.1) is 0 Å². The van der Waals surface area contributed by atoms with E-state index in [-0.39, 0.29) is 5.96 Å². The van der Waals surface area contributed by atoms with Gasteiger partial charge in [0, 0.05) is 12.6 Å². The second kappa shape index (κ2) is 22.4. The SMILES string of the molecule is CCCCCCC(=O)O.CCCCCCCCCCC=NNC(=N)N. The summed E-state index contributed by atoms with van der Waals surface area (Å²) < 4.78 is 0. The third-order valence-electron chi connectivity index (χ3n) is 3.71. The van der Waals surface area contributed by atoms with E-state index < -0.39 is 5.97 Å². The van der Waals surface area contributed by atoms with E-state index in [4.69, 9.17) is 16.2 Å². The molecule has 0 heterocycles. The molecule has 0 aliphatic rings. The van der Waals surface area contributed by atoms with Crippen molar-refractivity contribution in [1.29, 1.82) is 5.41 Å². The number of guanidine groups is 1. The van der Waals surface area contributed by atoms with E-state index in [0.717, 1.165) is 25.7 Å². The predicted molar refractivity (Wildman–Crippen MR) is 107 cm³/mol. The summed E-state index contributed by atoms with van der Waals surface area (Å²) in [4.78, 5) is 9.96. The molecule has 5 N–H and O–H groups in total. The number of hydrogen-bond donors (Lipinski definition) is 4. The maximum Gasteiger partial charge on any atom is 0.303 e. The first-order chi connectivity index (χ1) is 12.0. The van der Waals surface area contributed by atoms with Crippen LogP contribution in [0.15, 0.2) is 5.10 Å². The Hall–Kier alpha value is -1.59. The standard InChI is InChI=1S/C12H26N4.C7H14O2/c1-2-3-4-5-6-7-8-9-10-11-15-16-12(13)14;1-2-3-4-5-6-7(8)9/h11H,2-10H2,1H3,(H4,13,14,16);2-6H2,1H3,(H,8,9). The Morgan fingerprint density at radius 3 is 1.92 bits per heavy atom. The molecular formula is C19H40N4O2. The molecule has 0 saturated carbocycles. The maximum atomic E-state index is 9.96. The Bertz CT molecular complexity index is 333. The summed E-state index contributed by atoms with van der Waals surface area (Å²) >= 11 is 0. The van der Waals surface area contributed by atoms with Crippen molar-refractivity contribution >= 4 is 18.1 Å². The van der Waals surface area contributed by atoms with Crippen molar-refractivity contribution in [3.8, 4) is 0 Å². The minimum Gasteiger partial charge on any atom is -0.481 e. The molecule has 0 amide bonds. The molecule has 0 aromatic heterocycles. The zero-order valence-electron chi connectivity index (χ0n) is 16.4. The van der Waals surface area contributed by atoms with E-state index in [9.17, 15) is 4.79 Å². The van der Waals surface area contributed by atoms with Gasteiger partial charge in [0.15, 0.2) is 0 Å². The number of carboxylic acid groups (broad SMARTS) is 1. The van der Waals surface area contributed by atoms with Crippen LogP contribution in [0.3, 0.4) is 0 Å². The Labute approximate surface area is 154 Å². The Kier molecular flexibility index (Phi) is 23.0. The van der Waals surface area contributed by atoms with Crippen molar-refractivity contribution in [2.45, 2.75) is 104 Å². The smallest absolute Gasteiger partial charge is 0.303 e.